The fraction of sp³-hybridized carbons (Fsp3) is 0.462. The average Bonchev–Trinajstić information content (AvgIpc) is 2.75. The lowest BCUT2D eigenvalue weighted by Crippen LogP contribution is -2.15. The number of carbonyl (C=O) groups is 1. The molecular weight excluding hydrogens is 202 g/mol. The molecule has 0 radical (unpaired) electrons. The molecule has 0 fully saturated rings. The lowest BCUT2D eigenvalue weighted by molar-refractivity contribution is 0.0925. The number of hydrogen-bond donors (Lipinski definition) is 1. The van der Waals surface area contributed by atoms with Crippen LogP contribution >= 0.6 is 0 Å². The van der Waals surface area contributed by atoms with Crippen molar-refractivity contribution in [2.24, 2.45) is 11.7 Å². The van der Waals surface area contributed by atoms with Gasteiger partial charge in [-0.25, -0.2) is 0 Å². The van der Waals surface area contributed by atoms with Crippen LogP contribution in [0.15, 0.2) is 18.2 Å². The summed E-state index contributed by atoms with van der Waals surface area (Å²) in [6.45, 7) is 3.21. The van der Waals surface area contributed by atoms with E-state index in [4.69, 9.17) is 10.5 Å². The number of ether oxygens (including phenoxy) is 1. The van der Waals surface area contributed by atoms with Gasteiger partial charge in [0.05, 0.1) is 6.61 Å². The van der Waals surface area contributed by atoms with E-state index >= 15 is 0 Å². The first kappa shape index (κ1) is 11.1. The molecule has 2 rings (SSSR count). The number of hydrogen-bond acceptors (Lipinski definition) is 3. The van der Waals surface area contributed by atoms with E-state index in [9.17, 15) is 4.79 Å². The molecule has 1 aliphatic heterocycles. The monoisotopic (exact) mass is 219 g/mol. The maximum atomic E-state index is 12.0. The SMILES string of the molecule is CC(CCN)C(=O)c1ccc2c(c1)CCO2. The van der Waals surface area contributed by atoms with Crippen LogP contribution in [0.1, 0.15) is 29.3 Å². The van der Waals surface area contributed by atoms with E-state index in [-0.39, 0.29) is 11.7 Å². The van der Waals surface area contributed by atoms with Crippen LogP contribution < -0.4 is 10.5 Å². The normalized spacial score (nSPS) is 15.4. The molecule has 1 atom stereocenters. The minimum absolute atomic E-state index is 0.00497. The number of nitrogens with two attached hydrogens (primary N) is 1. The van der Waals surface area contributed by atoms with Crippen molar-refractivity contribution in [2.45, 2.75) is 19.8 Å². The molecule has 0 aromatic heterocycles. The summed E-state index contributed by atoms with van der Waals surface area (Å²) in [5.74, 6) is 1.11. The van der Waals surface area contributed by atoms with Crippen molar-refractivity contribution in [3.63, 3.8) is 0 Å². The van der Waals surface area contributed by atoms with E-state index in [0.717, 1.165) is 36.3 Å². The Labute approximate surface area is 95.6 Å². The van der Waals surface area contributed by atoms with Gasteiger partial charge in [-0.1, -0.05) is 6.92 Å². The van der Waals surface area contributed by atoms with Crippen molar-refractivity contribution in [1.29, 1.82) is 0 Å². The molecule has 3 nitrogen and oxygen atoms in total. The quantitative estimate of drug-likeness (QED) is 0.785. The van der Waals surface area contributed by atoms with Crippen molar-refractivity contribution in [3.8, 4) is 5.75 Å². The van der Waals surface area contributed by atoms with Gasteiger partial charge in [-0.3, -0.25) is 4.79 Å². The van der Waals surface area contributed by atoms with Crippen LogP contribution in [-0.2, 0) is 6.42 Å². The molecule has 0 saturated carbocycles. The first-order valence-corrected chi connectivity index (χ1v) is 5.72. The number of fused-ring (bicyclic) bond motifs is 1. The summed E-state index contributed by atoms with van der Waals surface area (Å²) in [6.07, 6.45) is 1.65. The van der Waals surface area contributed by atoms with Crippen LogP contribution in [0.5, 0.6) is 5.75 Å². The van der Waals surface area contributed by atoms with Gasteiger partial charge in [0.1, 0.15) is 5.75 Å². The van der Waals surface area contributed by atoms with Gasteiger partial charge in [0.2, 0.25) is 0 Å². The van der Waals surface area contributed by atoms with Crippen molar-refractivity contribution in [2.75, 3.05) is 13.2 Å². The molecule has 1 heterocycles. The van der Waals surface area contributed by atoms with Crippen LogP contribution in [0.2, 0.25) is 0 Å². The van der Waals surface area contributed by atoms with Crippen molar-refractivity contribution in [1.82, 2.24) is 0 Å². The van der Waals surface area contributed by atoms with E-state index in [2.05, 4.69) is 0 Å². The number of carbonyl (C=O) groups excluding carboxylic acids is 1. The maximum absolute atomic E-state index is 12.0. The van der Waals surface area contributed by atoms with E-state index in [1.165, 1.54) is 0 Å². The summed E-state index contributed by atoms with van der Waals surface area (Å²) >= 11 is 0. The smallest absolute Gasteiger partial charge is 0.165 e. The third-order valence-corrected chi connectivity index (χ3v) is 3.02. The molecule has 16 heavy (non-hydrogen) atoms. The van der Waals surface area contributed by atoms with Crippen LogP contribution in [0, 0.1) is 5.92 Å². The second-order valence-electron chi connectivity index (χ2n) is 4.26. The van der Waals surface area contributed by atoms with Gasteiger partial charge in [-0.05, 0) is 36.7 Å². The van der Waals surface area contributed by atoms with Gasteiger partial charge in [-0.2, -0.15) is 0 Å². The Hall–Kier alpha value is -1.35. The van der Waals surface area contributed by atoms with Crippen LogP contribution in [0.4, 0.5) is 0 Å². The Bertz CT molecular complexity index is 401. The molecule has 86 valence electrons. The predicted molar refractivity (Wildman–Crippen MR) is 62.8 cm³/mol. The summed E-state index contributed by atoms with van der Waals surface area (Å²) in [5, 5.41) is 0. The highest BCUT2D eigenvalue weighted by atomic mass is 16.5. The van der Waals surface area contributed by atoms with E-state index < -0.39 is 0 Å². The Balaban J connectivity index is 2.18. The van der Waals surface area contributed by atoms with Crippen molar-refractivity contribution < 1.29 is 9.53 Å². The molecule has 1 aliphatic rings. The fourth-order valence-corrected chi connectivity index (χ4v) is 2.01. The molecule has 2 N–H and O–H groups in total. The van der Waals surface area contributed by atoms with Gasteiger partial charge < -0.3 is 10.5 Å². The summed E-state index contributed by atoms with van der Waals surface area (Å²) in [5.41, 5.74) is 7.39. The second kappa shape index (κ2) is 4.66. The standard InChI is InChI=1S/C13H17NO2/c1-9(4-6-14)13(15)11-2-3-12-10(8-11)5-7-16-12/h2-3,8-9H,4-7,14H2,1H3. The molecule has 0 amide bonds. The Kier molecular flexibility index (Phi) is 3.25. The summed E-state index contributed by atoms with van der Waals surface area (Å²) in [4.78, 5) is 12.0. The van der Waals surface area contributed by atoms with Crippen LogP contribution in [0.25, 0.3) is 0 Å². The largest absolute Gasteiger partial charge is 0.493 e. The minimum atomic E-state index is 0.00497. The molecule has 1 unspecified atom stereocenters. The highest BCUT2D eigenvalue weighted by molar-refractivity contribution is 5.98. The highest BCUT2D eigenvalue weighted by Gasteiger charge is 2.18. The molecule has 3 heteroatoms. The average molecular weight is 219 g/mol. The van der Waals surface area contributed by atoms with Crippen LogP contribution in [-0.4, -0.2) is 18.9 Å². The number of ketones is 1. The lowest BCUT2D eigenvalue weighted by atomic mass is 9.95. The molecular formula is C13H17NO2. The molecule has 0 saturated heterocycles. The van der Waals surface area contributed by atoms with Gasteiger partial charge in [-0.15, -0.1) is 0 Å². The minimum Gasteiger partial charge on any atom is -0.493 e. The third kappa shape index (κ3) is 2.09. The zero-order valence-electron chi connectivity index (χ0n) is 9.53. The van der Waals surface area contributed by atoms with Gasteiger partial charge in [0, 0.05) is 17.9 Å². The number of benzene rings is 1. The summed E-state index contributed by atoms with van der Waals surface area (Å²) < 4.78 is 5.41. The third-order valence-electron chi connectivity index (χ3n) is 3.02. The molecule has 1 aromatic carbocycles. The predicted octanol–water partition coefficient (Wildman–Crippen LogP) is 1.79. The van der Waals surface area contributed by atoms with Crippen molar-refractivity contribution in [3.05, 3.63) is 29.3 Å². The highest BCUT2D eigenvalue weighted by Crippen LogP contribution is 2.27. The van der Waals surface area contributed by atoms with Gasteiger partial charge in [0.25, 0.3) is 0 Å². The number of Topliss-reactive ketones (excluding diaryl/α,β-unsaturated/α-hetero) is 1. The first-order valence-electron chi connectivity index (χ1n) is 5.72. The molecule has 1 aromatic rings. The molecule has 0 spiro atoms. The van der Waals surface area contributed by atoms with Gasteiger partial charge >= 0.3 is 0 Å². The van der Waals surface area contributed by atoms with E-state index in [0.29, 0.717) is 6.54 Å². The number of rotatable bonds is 4. The Morgan fingerprint density at radius 3 is 3.12 bits per heavy atom. The second-order valence-corrected chi connectivity index (χ2v) is 4.26. The zero-order valence-corrected chi connectivity index (χ0v) is 9.53. The van der Waals surface area contributed by atoms with Crippen molar-refractivity contribution >= 4 is 5.78 Å². The van der Waals surface area contributed by atoms with Crippen LogP contribution in [0.3, 0.4) is 0 Å². The first-order chi connectivity index (χ1) is 7.72. The summed E-state index contributed by atoms with van der Waals surface area (Å²) in [6, 6.07) is 5.70. The van der Waals surface area contributed by atoms with E-state index in [1.807, 2.05) is 25.1 Å². The maximum Gasteiger partial charge on any atom is 0.165 e. The lowest BCUT2D eigenvalue weighted by Gasteiger charge is -2.09. The fourth-order valence-electron chi connectivity index (χ4n) is 2.01. The topological polar surface area (TPSA) is 52.3 Å². The van der Waals surface area contributed by atoms with Gasteiger partial charge in [0.15, 0.2) is 5.78 Å². The Morgan fingerprint density at radius 2 is 2.38 bits per heavy atom. The zero-order chi connectivity index (χ0) is 11.5. The Morgan fingerprint density at radius 1 is 1.56 bits per heavy atom. The molecule has 0 aliphatic carbocycles. The summed E-state index contributed by atoms with van der Waals surface area (Å²) in [7, 11) is 0. The molecule has 0 bridgehead atoms. The van der Waals surface area contributed by atoms with E-state index in [1.54, 1.807) is 0 Å².